The fraction of sp³-hybridized carbons (Fsp3) is 0.333. The van der Waals surface area contributed by atoms with Gasteiger partial charge in [0.05, 0.1) is 0 Å². The van der Waals surface area contributed by atoms with Gasteiger partial charge in [0.15, 0.2) is 6.04 Å². The summed E-state index contributed by atoms with van der Waals surface area (Å²) in [6.07, 6.45) is 0.387. The summed E-state index contributed by atoms with van der Waals surface area (Å²) in [5.74, 6) is -1.33. The molecule has 1 amide bonds. The van der Waals surface area contributed by atoms with Crippen LogP contribution in [0.3, 0.4) is 0 Å². The van der Waals surface area contributed by atoms with Crippen molar-refractivity contribution < 1.29 is 25.5 Å². The fourth-order valence-electron chi connectivity index (χ4n) is 1.40. The molecule has 1 rings (SSSR count). The van der Waals surface area contributed by atoms with E-state index >= 15 is 0 Å². The van der Waals surface area contributed by atoms with Crippen molar-refractivity contribution in [3.63, 3.8) is 0 Å². The van der Waals surface area contributed by atoms with Crippen molar-refractivity contribution in [3.05, 3.63) is 29.8 Å². The van der Waals surface area contributed by atoms with Gasteiger partial charge in [-0.2, -0.15) is 0 Å². The number of rotatable bonds is 5. The quantitative estimate of drug-likeness (QED) is 0.546. The van der Waals surface area contributed by atoms with Gasteiger partial charge in [-0.25, -0.2) is 0 Å². The summed E-state index contributed by atoms with van der Waals surface area (Å²) in [6, 6.07) is 4.94. The van der Waals surface area contributed by atoms with E-state index < -0.39 is 24.0 Å². The van der Waals surface area contributed by atoms with E-state index in [-0.39, 0.29) is 5.75 Å². The van der Waals surface area contributed by atoms with Crippen LogP contribution in [0.4, 0.5) is 0 Å². The Morgan fingerprint density at radius 2 is 1.89 bits per heavy atom. The number of hydrogen-bond donors (Lipinski definition) is 4. The minimum Gasteiger partial charge on any atom is -0.508 e. The molecule has 1 aromatic rings. The first-order chi connectivity index (χ1) is 8.40. The maximum absolute atomic E-state index is 11.6. The third kappa shape index (κ3) is 4.06. The van der Waals surface area contributed by atoms with Crippen LogP contribution in [0.25, 0.3) is 0 Å². The number of carbonyl (C=O) groups excluding carboxylic acids is 1. The van der Waals surface area contributed by atoms with Crippen LogP contribution in [0.15, 0.2) is 24.3 Å². The predicted octanol–water partition coefficient (Wildman–Crippen LogP) is -0.865. The van der Waals surface area contributed by atoms with Gasteiger partial charge >= 0.3 is 5.97 Å². The fourth-order valence-corrected chi connectivity index (χ4v) is 1.40. The molecule has 0 spiro atoms. The van der Waals surface area contributed by atoms with Crippen LogP contribution >= 0.6 is 0 Å². The number of carbonyl (C=O) groups is 2. The van der Waals surface area contributed by atoms with Crippen molar-refractivity contribution in [2.75, 3.05) is 0 Å². The van der Waals surface area contributed by atoms with E-state index in [0.717, 1.165) is 5.56 Å². The van der Waals surface area contributed by atoms with Gasteiger partial charge in [-0.05, 0) is 24.6 Å². The summed E-state index contributed by atoms with van der Waals surface area (Å²) in [5, 5.41) is 20.2. The number of phenolic OH excluding ortho intramolecular Hbond substituents is 1. The average molecular weight is 253 g/mol. The number of aliphatic carboxylic acids is 1. The zero-order valence-corrected chi connectivity index (χ0v) is 10.1. The summed E-state index contributed by atoms with van der Waals surface area (Å²) >= 11 is 0. The molecule has 0 aromatic heterocycles. The van der Waals surface area contributed by atoms with E-state index in [0.29, 0.717) is 6.42 Å². The Morgan fingerprint density at radius 3 is 2.39 bits per heavy atom. The van der Waals surface area contributed by atoms with E-state index in [2.05, 4.69) is 11.1 Å². The first kappa shape index (κ1) is 14.0. The Labute approximate surface area is 104 Å². The van der Waals surface area contributed by atoms with Crippen molar-refractivity contribution in [3.8, 4) is 5.75 Å². The standard InChI is InChI=1S/C12H16N2O4/c1-7(12(17)18)14-11(16)10(13)6-8-2-4-9(15)5-3-8/h2-5,7,10,15H,6,13H2,1H3,(H,14,16)(H,17,18)/p+1/t7-,10-/m0/s1. The minimum absolute atomic E-state index is 0.156. The van der Waals surface area contributed by atoms with Gasteiger partial charge < -0.3 is 21.3 Å². The lowest BCUT2D eigenvalue weighted by molar-refractivity contribution is -0.403. The summed E-state index contributed by atoms with van der Waals surface area (Å²) in [4.78, 5) is 22.2. The van der Waals surface area contributed by atoms with Crippen LogP contribution in [0.1, 0.15) is 12.5 Å². The van der Waals surface area contributed by atoms with Crippen LogP contribution in [0.2, 0.25) is 0 Å². The molecule has 6 N–H and O–H groups in total. The zero-order chi connectivity index (χ0) is 13.7. The molecule has 0 saturated heterocycles. The van der Waals surface area contributed by atoms with E-state index in [9.17, 15) is 9.59 Å². The third-order valence-corrected chi connectivity index (χ3v) is 2.52. The average Bonchev–Trinajstić information content (AvgIpc) is 2.31. The van der Waals surface area contributed by atoms with E-state index in [1.165, 1.54) is 19.1 Å². The zero-order valence-electron chi connectivity index (χ0n) is 10.1. The molecule has 2 atom stereocenters. The molecule has 6 nitrogen and oxygen atoms in total. The Hall–Kier alpha value is -2.08. The second-order valence-electron chi connectivity index (χ2n) is 4.14. The lowest BCUT2D eigenvalue weighted by atomic mass is 10.1. The number of aromatic hydroxyl groups is 1. The highest BCUT2D eigenvalue weighted by molar-refractivity contribution is 5.85. The number of carboxylic acid groups (broad SMARTS) is 1. The second kappa shape index (κ2) is 6.02. The van der Waals surface area contributed by atoms with Crippen molar-refractivity contribution in [1.29, 1.82) is 0 Å². The van der Waals surface area contributed by atoms with Gasteiger partial charge in [0.2, 0.25) is 0 Å². The van der Waals surface area contributed by atoms with Gasteiger partial charge in [0, 0.05) is 6.42 Å². The summed E-state index contributed by atoms with van der Waals surface area (Å²) in [7, 11) is 0. The number of carboxylic acids is 1. The Bertz CT molecular complexity index is 430. The lowest BCUT2D eigenvalue weighted by Gasteiger charge is -2.12. The largest absolute Gasteiger partial charge is 0.508 e. The number of benzene rings is 1. The highest BCUT2D eigenvalue weighted by Crippen LogP contribution is 2.10. The highest BCUT2D eigenvalue weighted by atomic mass is 16.4. The Balaban J connectivity index is 2.54. The van der Waals surface area contributed by atoms with Crippen molar-refractivity contribution in [2.24, 2.45) is 0 Å². The highest BCUT2D eigenvalue weighted by Gasteiger charge is 2.22. The van der Waals surface area contributed by atoms with E-state index in [4.69, 9.17) is 10.2 Å². The molecule has 0 heterocycles. The lowest BCUT2D eigenvalue weighted by Crippen LogP contribution is -2.69. The van der Waals surface area contributed by atoms with Crippen LogP contribution in [0.5, 0.6) is 5.75 Å². The third-order valence-electron chi connectivity index (χ3n) is 2.52. The Kier molecular flexibility index (Phi) is 4.67. The number of quaternary nitrogens is 1. The normalized spacial score (nSPS) is 13.7. The van der Waals surface area contributed by atoms with Crippen molar-refractivity contribution >= 4 is 11.9 Å². The maximum atomic E-state index is 11.6. The SMILES string of the molecule is C[C@H](NC(=O)[C@@H]([NH3+])Cc1ccc(O)cc1)C(=O)O. The molecule has 18 heavy (non-hydrogen) atoms. The smallest absolute Gasteiger partial charge is 0.325 e. The molecule has 6 heteroatoms. The number of hydrogen-bond acceptors (Lipinski definition) is 3. The van der Waals surface area contributed by atoms with Crippen LogP contribution in [-0.2, 0) is 16.0 Å². The minimum atomic E-state index is -1.08. The molecule has 0 aliphatic rings. The first-order valence-electron chi connectivity index (χ1n) is 5.54. The first-order valence-corrected chi connectivity index (χ1v) is 5.54. The molecular weight excluding hydrogens is 236 g/mol. The topological polar surface area (TPSA) is 114 Å². The van der Waals surface area contributed by atoms with Gasteiger partial charge in [-0.1, -0.05) is 12.1 Å². The van der Waals surface area contributed by atoms with Crippen LogP contribution in [0, 0.1) is 0 Å². The van der Waals surface area contributed by atoms with Gasteiger partial charge in [0.1, 0.15) is 11.8 Å². The molecule has 98 valence electrons. The second-order valence-corrected chi connectivity index (χ2v) is 4.14. The summed E-state index contributed by atoms with van der Waals surface area (Å²) < 4.78 is 0. The molecule has 0 saturated carbocycles. The van der Waals surface area contributed by atoms with Gasteiger partial charge in [0.25, 0.3) is 5.91 Å². The summed E-state index contributed by atoms with van der Waals surface area (Å²) in [5.41, 5.74) is 4.55. The van der Waals surface area contributed by atoms with Gasteiger partial charge in [-0.3, -0.25) is 9.59 Å². The molecule has 1 aromatic carbocycles. The van der Waals surface area contributed by atoms with Crippen molar-refractivity contribution in [1.82, 2.24) is 5.32 Å². The summed E-state index contributed by atoms with van der Waals surface area (Å²) in [6.45, 7) is 1.40. The number of phenols is 1. The molecule has 0 unspecified atom stereocenters. The van der Waals surface area contributed by atoms with Gasteiger partial charge in [-0.15, -0.1) is 0 Å². The monoisotopic (exact) mass is 253 g/mol. The molecule has 0 fully saturated rings. The number of amides is 1. The molecule has 0 aliphatic heterocycles. The molecule has 0 aliphatic carbocycles. The number of nitrogens with one attached hydrogen (secondary N) is 1. The van der Waals surface area contributed by atoms with Crippen LogP contribution < -0.4 is 11.1 Å². The van der Waals surface area contributed by atoms with E-state index in [1.807, 2.05) is 0 Å². The van der Waals surface area contributed by atoms with E-state index in [1.54, 1.807) is 12.1 Å². The molecule has 0 bridgehead atoms. The Morgan fingerprint density at radius 1 is 1.33 bits per heavy atom. The van der Waals surface area contributed by atoms with Crippen molar-refractivity contribution in [2.45, 2.75) is 25.4 Å². The molecular formula is C12H17N2O4+. The van der Waals surface area contributed by atoms with Crippen LogP contribution in [-0.4, -0.2) is 34.2 Å². The maximum Gasteiger partial charge on any atom is 0.325 e. The molecule has 0 radical (unpaired) electrons. The predicted molar refractivity (Wildman–Crippen MR) is 63.7 cm³/mol.